The fourth-order valence-corrected chi connectivity index (χ4v) is 1.78. The number of nitrogens with zero attached hydrogens (tertiary/aromatic N) is 1. The molecule has 0 fully saturated rings. The molecule has 2 aromatic rings. The number of rotatable bonds is 2. The molecule has 0 N–H and O–H groups in total. The van der Waals surface area contributed by atoms with Gasteiger partial charge >= 0.3 is 6.18 Å². The SMILES string of the molecule is N#Cc1ccc(Oc2c(F)cc(C(F)(F)F)cc2Cl)cc1. The lowest BCUT2D eigenvalue weighted by atomic mass is 10.2. The van der Waals surface area contributed by atoms with Gasteiger partial charge < -0.3 is 4.74 Å². The second-order valence-electron chi connectivity index (χ2n) is 4.01. The smallest absolute Gasteiger partial charge is 0.416 e. The van der Waals surface area contributed by atoms with E-state index in [0.29, 0.717) is 17.7 Å². The van der Waals surface area contributed by atoms with Crippen LogP contribution in [0.5, 0.6) is 11.5 Å². The summed E-state index contributed by atoms with van der Waals surface area (Å²) in [6.07, 6.45) is -4.70. The van der Waals surface area contributed by atoms with E-state index in [-0.39, 0.29) is 5.75 Å². The van der Waals surface area contributed by atoms with Crippen LogP contribution in [-0.4, -0.2) is 0 Å². The fourth-order valence-electron chi connectivity index (χ4n) is 1.54. The monoisotopic (exact) mass is 315 g/mol. The molecule has 0 spiro atoms. The van der Waals surface area contributed by atoms with E-state index >= 15 is 0 Å². The summed E-state index contributed by atoms with van der Waals surface area (Å²) < 4.78 is 56.3. The van der Waals surface area contributed by atoms with Gasteiger partial charge in [0.1, 0.15) is 5.75 Å². The van der Waals surface area contributed by atoms with Crippen molar-refractivity contribution in [2.45, 2.75) is 6.18 Å². The summed E-state index contributed by atoms with van der Waals surface area (Å²) in [7, 11) is 0. The highest BCUT2D eigenvalue weighted by Crippen LogP contribution is 2.38. The van der Waals surface area contributed by atoms with Crippen LogP contribution in [0.25, 0.3) is 0 Å². The van der Waals surface area contributed by atoms with Crippen LogP contribution in [0, 0.1) is 17.1 Å². The molecule has 0 aromatic heterocycles. The van der Waals surface area contributed by atoms with E-state index in [1.165, 1.54) is 24.3 Å². The molecule has 0 heterocycles. The summed E-state index contributed by atoms with van der Waals surface area (Å²) in [5, 5.41) is 8.14. The lowest BCUT2D eigenvalue weighted by Crippen LogP contribution is -2.06. The molecule has 2 nitrogen and oxygen atoms in total. The Hall–Kier alpha value is -2.26. The van der Waals surface area contributed by atoms with Gasteiger partial charge in [-0.2, -0.15) is 18.4 Å². The van der Waals surface area contributed by atoms with Gasteiger partial charge in [0.15, 0.2) is 11.6 Å². The average Bonchev–Trinajstić information content (AvgIpc) is 2.42. The zero-order valence-electron chi connectivity index (χ0n) is 10.2. The van der Waals surface area contributed by atoms with Crippen molar-refractivity contribution in [2.24, 2.45) is 0 Å². The summed E-state index contributed by atoms with van der Waals surface area (Å²) in [5.74, 6) is -1.58. The van der Waals surface area contributed by atoms with Crippen LogP contribution in [0.1, 0.15) is 11.1 Å². The van der Waals surface area contributed by atoms with Crippen LogP contribution in [0.2, 0.25) is 5.02 Å². The summed E-state index contributed by atoms with van der Waals surface area (Å²) in [6, 6.07) is 8.39. The Labute approximate surface area is 122 Å². The predicted octanol–water partition coefficient (Wildman–Crippen LogP) is 5.16. The van der Waals surface area contributed by atoms with E-state index in [2.05, 4.69) is 0 Å². The molecule has 0 saturated carbocycles. The van der Waals surface area contributed by atoms with E-state index in [4.69, 9.17) is 21.6 Å². The van der Waals surface area contributed by atoms with Crippen molar-refractivity contribution in [1.29, 1.82) is 5.26 Å². The number of nitriles is 1. The first kappa shape index (κ1) is 15.1. The first-order valence-electron chi connectivity index (χ1n) is 5.55. The Kier molecular flexibility index (Phi) is 4.05. The second kappa shape index (κ2) is 5.62. The molecular formula is C14H6ClF4NO. The van der Waals surface area contributed by atoms with Gasteiger partial charge in [0.05, 0.1) is 22.2 Å². The van der Waals surface area contributed by atoms with Crippen LogP contribution >= 0.6 is 11.6 Å². The lowest BCUT2D eigenvalue weighted by molar-refractivity contribution is -0.137. The van der Waals surface area contributed by atoms with Crippen molar-refractivity contribution in [1.82, 2.24) is 0 Å². The minimum absolute atomic E-state index is 0.148. The summed E-state index contributed by atoms with van der Waals surface area (Å²) >= 11 is 5.63. The summed E-state index contributed by atoms with van der Waals surface area (Å²) in [5.41, 5.74) is -0.835. The maximum Gasteiger partial charge on any atom is 0.416 e. The minimum atomic E-state index is -4.70. The molecule has 2 rings (SSSR count). The molecule has 0 aliphatic rings. The van der Waals surface area contributed by atoms with Gasteiger partial charge in [-0.3, -0.25) is 0 Å². The van der Waals surface area contributed by atoms with Gasteiger partial charge in [0.2, 0.25) is 0 Å². The van der Waals surface area contributed by atoms with Gasteiger partial charge in [0, 0.05) is 0 Å². The predicted molar refractivity (Wildman–Crippen MR) is 67.6 cm³/mol. The number of alkyl halides is 3. The van der Waals surface area contributed by atoms with E-state index in [9.17, 15) is 17.6 Å². The minimum Gasteiger partial charge on any atom is -0.453 e. The molecular weight excluding hydrogens is 310 g/mol. The zero-order valence-corrected chi connectivity index (χ0v) is 11.0. The van der Waals surface area contributed by atoms with Crippen LogP contribution in [0.4, 0.5) is 17.6 Å². The second-order valence-corrected chi connectivity index (χ2v) is 4.41. The topological polar surface area (TPSA) is 33.0 Å². The fraction of sp³-hybridized carbons (Fsp3) is 0.0714. The molecule has 0 atom stereocenters. The zero-order chi connectivity index (χ0) is 15.6. The third-order valence-electron chi connectivity index (χ3n) is 2.53. The third-order valence-corrected chi connectivity index (χ3v) is 2.81. The van der Waals surface area contributed by atoms with Crippen LogP contribution in [0.15, 0.2) is 36.4 Å². The first-order chi connectivity index (χ1) is 9.81. The van der Waals surface area contributed by atoms with Gasteiger partial charge in [-0.15, -0.1) is 0 Å². The Morgan fingerprint density at radius 1 is 1.10 bits per heavy atom. The number of ether oxygens (including phenoxy) is 1. The maximum absolute atomic E-state index is 13.7. The maximum atomic E-state index is 13.7. The quantitative estimate of drug-likeness (QED) is 0.717. The molecule has 0 saturated heterocycles. The van der Waals surface area contributed by atoms with Crippen molar-refractivity contribution in [3.8, 4) is 17.6 Å². The molecule has 21 heavy (non-hydrogen) atoms. The first-order valence-corrected chi connectivity index (χ1v) is 5.93. The van der Waals surface area contributed by atoms with Gasteiger partial charge in [-0.05, 0) is 36.4 Å². The molecule has 0 aliphatic heterocycles. The van der Waals surface area contributed by atoms with Gasteiger partial charge in [-0.25, -0.2) is 4.39 Å². The highest BCUT2D eigenvalue weighted by molar-refractivity contribution is 6.32. The Balaban J connectivity index is 2.34. The number of hydrogen-bond acceptors (Lipinski definition) is 2. The van der Waals surface area contributed by atoms with E-state index in [1.807, 2.05) is 6.07 Å². The Bertz CT molecular complexity index is 681. The van der Waals surface area contributed by atoms with Crippen molar-refractivity contribution in [3.05, 3.63) is 58.4 Å². The summed E-state index contributed by atoms with van der Waals surface area (Å²) in [6.45, 7) is 0. The van der Waals surface area contributed by atoms with Crippen molar-refractivity contribution in [3.63, 3.8) is 0 Å². The number of hydrogen-bond donors (Lipinski definition) is 0. The third kappa shape index (κ3) is 3.44. The van der Waals surface area contributed by atoms with Crippen molar-refractivity contribution < 1.29 is 22.3 Å². The molecule has 108 valence electrons. The van der Waals surface area contributed by atoms with E-state index < -0.39 is 28.3 Å². The Morgan fingerprint density at radius 3 is 2.19 bits per heavy atom. The Morgan fingerprint density at radius 2 is 1.71 bits per heavy atom. The lowest BCUT2D eigenvalue weighted by Gasteiger charge is -2.12. The van der Waals surface area contributed by atoms with E-state index in [0.717, 1.165) is 0 Å². The van der Waals surface area contributed by atoms with Crippen LogP contribution < -0.4 is 4.74 Å². The van der Waals surface area contributed by atoms with Crippen LogP contribution in [0.3, 0.4) is 0 Å². The van der Waals surface area contributed by atoms with Crippen molar-refractivity contribution >= 4 is 11.6 Å². The molecule has 7 heteroatoms. The number of halogens is 5. The van der Waals surface area contributed by atoms with Gasteiger partial charge in [0.25, 0.3) is 0 Å². The normalized spacial score (nSPS) is 11.0. The van der Waals surface area contributed by atoms with Crippen LogP contribution in [-0.2, 0) is 6.18 Å². The molecule has 0 bridgehead atoms. The number of benzene rings is 2. The molecule has 0 aliphatic carbocycles. The highest BCUT2D eigenvalue weighted by Gasteiger charge is 2.32. The molecule has 0 amide bonds. The molecule has 0 radical (unpaired) electrons. The standard InChI is InChI=1S/C14H6ClF4NO/c15-11-5-9(14(17,18)19)6-12(16)13(11)21-10-3-1-8(7-20)2-4-10/h1-6H. The highest BCUT2D eigenvalue weighted by atomic mass is 35.5. The molecule has 0 unspecified atom stereocenters. The largest absolute Gasteiger partial charge is 0.453 e. The average molecular weight is 316 g/mol. The molecule has 2 aromatic carbocycles. The van der Waals surface area contributed by atoms with Gasteiger partial charge in [-0.1, -0.05) is 11.6 Å². The van der Waals surface area contributed by atoms with E-state index in [1.54, 1.807) is 0 Å². The summed E-state index contributed by atoms with van der Waals surface area (Å²) in [4.78, 5) is 0. The van der Waals surface area contributed by atoms with Crippen molar-refractivity contribution in [2.75, 3.05) is 0 Å².